The molecule has 1 amide bonds. The number of anilines is 1. The van der Waals surface area contributed by atoms with Gasteiger partial charge >= 0.3 is 0 Å². The maximum absolute atomic E-state index is 10.8. The monoisotopic (exact) mass is 271 g/mol. The van der Waals surface area contributed by atoms with Crippen LogP contribution in [-0.4, -0.2) is 16.4 Å². The van der Waals surface area contributed by atoms with Crippen molar-refractivity contribution >= 4 is 27.5 Å². The second-order valence-electron chi connectivity index (χ2n) is 4.01. The zero-order chi connectivity index (χ0) is 11.5. The van der Waals surface area contributed by atoms with Gasteiger partial charge in [0, 0.05) is 24.4 Å². The summed E-state index contributed by atoms with van der Waals surface area (Å²) in [4.78, 5) is 14.8. The maximum Gasteiger partial charge on any atom is 0.219 e. The predicted octanol–water partition coefficient (Wildman–Crippen LogP) is 1.91. The molecule has 0 aromatic carbocycles. The number of primary amides is 1. The van der Waals surface area contributed by atoms with Gasteiger partial charge in [0.2, 0.25) is 5.91 Å². The van der Waals surface area contributed by atoms with Gasteiger partial charge in [-0.1, -0.05) is 0 Å². The van der Waals surface area contributed by atoms with E-state index in [0.717, 1.165) is 10.2 Å². The van der Waals surface area contributed by atoms with Crippen LogP contribution in [0.15, 0.2) is 22.9 Å². The molecule has 15 heavy (non-hydrogen) atoms. The largest absolute Gasteiger partial charge is 0.379 e. The molecule has 0 atom stereocenters. The average Bonchev–Trinajstić information content (AvgIpc) is 2.06. The Balaban J connectivity index is 2.77. The summed E-state index contributed by atoms with van der Waals surface area (Å²) in [6.45, 7) is 3.84. The number of halogens is 1. The van der Waals surface area contributed by atoms with Gasteiger partial charge in [0.25, 0.3) is 0 Å². The highest BCUT2D eigenvalue weighted by atomic mass is 79.9. The van der Waals surface area contributed by atoms with Crippen LogP contribution in [0.25, 0.3) is 0 Å². The number of carbonyl (C=O) groups excluding carboxylic acids is 1. The van der Waals surface area contributed by atoms with Gasteiger partial charge in [0.15, 0.2) is 0 Å². The fourth-order valence-electron chi connectivity index (χ4n) is 1.32. The second-order valence-corrected chi connectivity index (χ2v) is 4.86. The van der Waals surface area contributed by atoms with Crippen LogP contribution < -0.4 is 11.1 Å². The molecule has 0 unspecified atom stereocenters. The van der Waals surface area contributed by atoms with Crippen LogP contribution in [0.3, 0.4) is 0 Å². The molecule has 0 aliphatic rings. The molecule has 5 heteroatoms. The van der Waals surface area contributed by atoms with E-state index < -0.39 is 0 Å². The minimum absolute atomic E-state index is 0.280. The SMILES string of the molecule is CC(C)(CC(N)=O)Nc1ccncc1Br. The quantitative estimate of drug-likeness (QED) is 0.879. The van der Waals surface area contributed by atoms with Crippen LogP contribution in [-0.2, 0) is 4.79 Å². The highest BCUT2D eigenvalue weighted by molar-refractivity contribution is 9.10. The number of nitrogens with one attached hydrogen (secondary N) is 1. The van der Waals surface area contributed by atoms with Crippen LogP contribution in [0.4, 0.5) is 5.69 Å². The summed E-state index contributed by atoms with van der Waals surface area (Å²) >= 11 is 3.37. The highest BCUT2D eigenvalue weighted by Gasteiger charge is 2.20. The van der Waals surface area contributed by atoms with E-state index in [1.165, 1.54) is 0 Å². The van der Waals surface area contributed by atoms with Gasteiger partial charge < -0.3 is 11.1 Å². The van der Waals surface area contributed by atoms with Crippen molar-refractivity contribution < 1.29 is 4.79 Å². The minimum atomic E-state index is -0.365. The lowest BCUT2D eigenvalue weighted by Crippen LogP contribution is -2.36. The van der Waals surface area contributed by atoms with Crippen molar-refractivity contribution in [3.8, 4) is 0 Å². The van der Waals surface area contributed by atoms with Gasteiger partial charge in [-0.25, -0.2) is 0 Å². The number of hydrogen-bond donors (Lipinski definition) is 2. The number of aromatic nitrogens is 1. The Hall–Kier alpha value is -1.10. The molecule has 0 aliphatic carbocycles. The lowest BCUT2D eigenvalue weighted by Gasteiger charge is -2.26. The van der Waals surface area contributed by atoms with Crippen LogP contribution in [0, 0.1) is 0 Å². The zero-order valence-electron chi connectivity index (χ0n) is 8.75. The number of amides is 1. The molecule has 0 saturated heterocycles. The van der Waals surface area contributed by atoms with Crippen molar-refractivity contribution in [3.63, 3.8) is 0 Å². The zero-order valence-corrected chi connectivity index (χ0v) is 10.3. The minimum Gasteiger partial charge on any atom is -0.379 e. The van der Waals surface area contributed by atoms with Crippen LogP contribution in [0.2, 0.25) is 0 Å². The number of rotatable bonds is 4. The molecule has 1 aromatic heterocycles. The van der Waals surface area contributed by atoms with E-state index in [2.05, 4.69) is 26.2 Å². The third-order valence-electron chi connectivity index (χ3n) is 1.86. The van der Waals surface area contributed by atoms with E-state index in [4.69, 9.17) is 5.73 Å². The fraction of sp³-hybridized carbons (Fsp3) is 0.400. The van der Waals surface area contributed by atoms with Crippen molar-refractivity contribution in [3.05, 3.63) is 22.9 Å². The first-order valence-corrected chi connectivity index (χ1v) is 5.36. The number of carbonyl (C=O) groups is 1. The van der Waals surface area contributed by atoms with Crippen molar-refractivity contribution in [1.29, 1.82) is 0 Å². The Bertz CT molecular complexity index is 365. The molecule has 1 heterocycles. The van der Waals surface area contributed by atoms with Crippen LogP contribution >= 0.6 is 15.9 Å². The lowest BCUT2D eigenvalue weighted by molar-refractivity contribution is -0.118. The third kappa shape index (κ3) is 3.87. The van der Waals surface area contributed by atoms with E-state index >= 15 is 0 Å². The molecule has 1 rings (SSSR count). The number of hydrogen-bond acceptors (Lipinski definition) is 3. The molecule has 82 valence electrons. The molecular weight excluding hydrogens is 258 g/mol. The molecule has 0 bridgehead atoms. The summed E-state index contributed by atoms with van der Waals surface area (Å²) in [5.41, 5.74) is 5.70. The van der Waals surface area contributed by atoms with Crippen molar-refractivity contribution in [2.24, 2.45) is 5.73 Å². The number of pyridine rings is 1. The second kappa shape index (κ2) is 4.61. The predicted molar refractivity (Wildman–Crippen MR) is 63.5 cm³/mol. The molecule has 1 aromatic rings. The van der Waals surface area contributed by atoms with Crippen LogP contribution in [0.5, 0.6) is 0 Å². The molecule has 0 aliphatic heterocycles. The van der Waals surface area contributed by atoms with Gasteiger partial charge in [-0.05, 0) is 35.8 Å². The van der Waals surface area contributed by atoms with Gasteiger partial charge in [-0.2, -0.15) is 0 Å². The Morgan fingerprint density at radius 2 is 2.33 bits per heavy atom. The Morgan fingerprint density at radius 1 is 1.67 bits per heavy atom. The molecule has 0 fully saturated rings. The lowest BCUT2D eigenvalue weighted by atomic mass is 10.00. The molecule has 0 radical (unpaired) electrons. The van der Waals surface area contributed by atoms with Crippen molar-refractivity contribution in [2.45, 2.75) is 25.8 Å². The topological polar surface area (TPSA) is 68.0 Å². The van der Waals surface area contributed by atoms with E-state index in [9.17, 15) is 4.79 Å². The van der Waals surface area contributed by atoms with Gasteiger partial charge in [-0.3, -0.25) is 9.78 Å². The Kier molecular flexibility index (Phi) is 3.68. The third-order valence-corrected chi connectivity index (χ3v) is 2.49. The summed E-state index contributed by atoms with van der Waals surface area (Å²) in [5, 5.41) is 3.23. The smallest absolute Gasteiger partial charge is 0.219 e. The van der Waals surface area contributed by atoms with E-state index in [1.807, 2.05) is 19.9 Å². The number of nitrogens with two attached hydrogens (primary N) is 1. The van der Waals surface area contributed by atoms with Gasteiger partial charge in [0.1, 0.15) is 0 Å². The summed E-state index contributed by atoms with van der Waals surface area (Å²) in [6.07, 6.45) is 3.66. The Labute approximate surface area is 97.4 Å². The maximum atomic E-state index is 10.8. The van der Waals surface area contributed by atoms with Gasteiger partial charge in [0.05, 0.1) is 10.2 Å². The Morgan fingerprint density at radius 3 is 2.87 bits per heavy atom. The van der Waals surface area contributed by atoms with Crippen molar-refractivity contribution in [1.82, 2.24) is 4.98 Å². The summed E-state index contributed by atoms with van der Waals surface area (Å²) in [5.74, 6) is -0.322. The fourth-order valence-corrected chi connectivity index (χ4v) is 1.67. The first-order valence-electron chi connectivity index (χ1n) is 4.57. The summed E-state index contributed by atoms with van der Waals surface area (Å²) < 4.78 is 0.863. The van der Waals surface area contributed by atoms with Gasteiger partial charge in [-0.15, -0.1) is 0 Å². The molecule has 0 saturated carbocycles. The highest BCUT2D eigenvalue weighted by Crippen LogP contribution is 2.24. The van der Waals surface area contributed by atoms with E-state index in [1.54, 1.807) is 12.4 Å². The molecule has 3 N–H and O–H groups in total. The first-order chi connectivity index (χ1) is 6.91. The van der Waals surface area contributed by atoms with Crippen LogP contribution in [0.1, 0.15) is 20.3 Å². The normalized spacial score (nSPS) is 11.1. The molecule has 0 spiro atoms. The first kappa shape index (κ1) is 12.0. The molecule has 4 nitrogen and oxygen atoms in total. The summed E-state index contributed by atoms with van der Waals surface area (Å²) in [6, 6.07) is 1.84. The standard InChI is InChI=1S/C10H14BrN3O/c1-10(2,5-9(12)15)14-8-3-4-13-6-7(8)11/h3-4,6H,5H2,1-2H3,(H2,12,15)(H,13,14). The summed E-state index contributed by atoms with van der Waals surface area (Å²) in [7, 11) is 0. The molecular formula is C10H14BrN3O. The van der Waals surface area contributed by atoms with E-state index in [0.29, 0.717) is 0 Å². The average molecular weight is 272 g/mol. The van der Waals surface area contributed by atoms with E-state index in [-0.39, 0.29) is 17.9 Å². The number of nitrogens with zero attached hydrogens (tertiary/aromatic N) is 1. The van der Waals surface area contributed by atoms with Crippen molar-refractivity contribution in [2.75, 3.05) is 5.32 Å².